The molecule has 1 aliphatic carbocycles. The van der Waals surface area contributed by atoms with Crippen LogP contribution in [0.2, 0.25) is 0 Å². The normalized spacial score (nSPS) is 17.8. The van der Waals surface area contributed by atoms with Crippen LogP contribution >= 0.6 is 11.8 Å². The van der Waals surface area contributed by atoms with Gasteiger partial charge in [-0.3, -0.25) is 4.79 Å². The molecule has 0 unspecified atom stereocenters. The lowest BCUT2D eigenvalue weighted by Gasteiger charge is -2.36. The van der Waals surface area contributed by atoms with E-state index in [0.717, 1.165) is 42.0 Å². The number of nitrogens with one attached hydrogen (secondary N) is 2. The predicted octanol–water partition coefficient (Wildman–Crippen LogP) is 5.42. The molecule has 0 aromatic heterocycles. The van der Waals surface area contributed by atoms with Crippen LogP contribution in [0.3, 0.4) is 0 Å². The fourth-order valence-electron chi connectivity index (χ4n) is 3.87. The van der Waals surface area contributed by atoms with E-state index in [1.165, 1.54) is 36.7 Å². The number of para-hydroxylation sites is 1. The van der Waals surface area contributed by atoms with Gasteiger partial charge in [-0.1, -0.05) is 48.9 Å². The molecule has 0 atom stereocenters. The lowest BCUT2D eigenvalue weighted by molar-refractivity contribution is -0.113. The van der Waals surface area contributed by atoms with Crippen molar-refractivity contribution in [2.45, 2.75) is 44.2 Å². The smallest absolute Gasteiger partial charge is 0.234 e. The van der Waals surface area contributed by atoms with Crippen molar-refractivity contribution in [3.8, 4) is 0 Å². The van der Waals surface area contributed by atoms with Crippen molar-refractivity contribution in [3.05, 3.63) is 59.9 Å². The van der Waals surface area contributed by atoms with Gasteiger partial charge in [0.25, 0.3) is 0 Å². The van der Waals surface area contributed by atoms with Crippen molar-refractivity contribution in [2.75, 3.05) is 16.4 Å². The van der Waals surface area contributed by atoms with Crippen LogP contribution in [0.15, 0.2) is 53.5 Å². The maximum absolute atomic E-state index is 13.3. The van der Waals surface area contributed by atoms with Gasteiger partial charge < -0.3 is 10.6 Å². The summed E-state index contributed by atoms with van der Waals surface area (Å²) in [5.74, 6) is -0.290. The minimum Gasteiger partial charge on any atom is -0.361 e. The maximum Gasteiger partial charge on any atom is 0.234 e. The average molecular weight is 398 g/mol. The molecular formula is C22H24FN3OS. The van der Waals surface area contributed by atoms with Crippen LogP contribution in [0.5, 0.6) is 0 Å². The third-order valence-corrected chi connectivity index (χ3v) is 6.21. The first-order valence-corrected chi connectivity index (χ1v) is 10.8. The molecule has 2 aliphatic rings. The highest BCUT2D eigenvalue weighted by Crippen LogP contribution is 2.38. The van der Waals surface area contributed by atoms with E-state index in [4.69, 9.17) is 4.99 Å². The molecule has 0 bridgehead atoms. The summed E-state index contributed by atoms with van der Waals surface area (Å²) in [6.07, 6.45) is 6.85. The third-order valence-electron chi connectivity index (χ3n) is 5.22. The highest BCUT2D eigenvalue weighted by Gasteiger charge is 2.35. The second kappa shape index (κ2) is 8.35. The minimum atomic E-state index is -0.364. The highest BCUT2D eigenvalue weighted by molar-refractivity contribution is 8.15. The summed E-state index contributed by atoms with van der Waals surface area (Å²) in [5, 5.41) is 7.34. The summed E-state index contributed by atoms with van der Waals surface area (Å²) in [6, 6.07) is 14.1. The Balaban J connectivity index is 1.50. The molecular weight excluding hydrogens is 373 g/mol. The van der Waals surface area contributed by atoms with Gasteiger partial charge in [0.15, 0.2) is 0 Å². The number of carbonyl (C=O) groups excluding carboxylic acids is 1. The second-order valence-electron chi connectivity index (χ2n) is 7.38. The molecule has 2 aromatic rings. The molecule has 1 fully saturated rings. The topological polar surface area (TPSA) is 53.5 Å². The minimum absolute atomic E-state index is 0.163. The Kier molecular flexibility index (Phi) is 5.67. The number of thioether (sulfide) groups is 1. The van der Waals surface area contributed by atoms with Crippen LogP contribution in [0.4, 0.5) is 15.8 Å². The summed E-state index contributed by atoms with van der Waals surface area (Å²) < 4.78 is 13.3. The van der Waals surface area contributed by atoms with Gasteiger partial charge in [0.05, 0.1) is 5.75 Å². The largest absolute Gasteiger partial charge is 0.361 e. The zero-order chi connectivity index (χ0) is 19.4. The quantitative estimate of drug-likeness (QED) is 0.727. The molecule has 1 saturated carbocycles. The zero-order valence-electron chi connectivity index (χ0n) is 15.7. The summed E-state index contributed by atoms with van der Waals surface area (Å²) >= 11 is 1.45. The van der Waals surface area contributed by atoms with Crippen LogP contribution in [0.25, 0.3) is 0 Å². The first-order chi connectivity index (χ1) is 13.6. The third kappa shape index (κ3) is 4.38. The fourth-order valence-corrected chi connectivity index (χ4v) is 4.78. The maximum atomic E-state index is 13.3. The van der Waals surface area contributed by atoms with Crippen LogP contribution in [-0.4, -0.2) is 22.4 Å². The van der Waals surface area contributed by atoms with Gasteiger partial charge in [0.2, 0.25) is 5.91 Å². The molecule has 1 amide bonds. The van der Waals surface area contributed by atoms with Gasteiger partial charge in [-0.05, 0) is 49.9 Å². The SMILES string of the molecule is O=C(CSC1=NC2(CCCCCC2)Nc2ccccc21)Nc1cccc(F)c1. The van der Waals surface area contributed by atoms with Crippen molar-refractivity contribution in [1.82, 2.24) is 0 Å². The predicted molar refractivity (Wildman–Crippen MR) is 115 cm³/mol. The standard InChI is InChI=1S/C22H24FN3OS/c23-16-8-7-9-17(14-16)24-20(27)15-28-21-18-10-3-4-11-19(18)25-22(26-21)12-5-1-2-6-13-22/h3-4,7-11,14,25H,1-2,5-6,12-13,15H2,(H,24,27). The van der Waals surface area contributed by atoms with E-state index in [9.17, 15) is 9.18 Å². The number of fused-ring (bicyclic) bond motifs is 1. The van der Waals surface area contributed by atoms with Crippen molar-refractivity contribution in [1.29, 1.82) is 0 Å². The van der Waals surface area contributed by atoms with E-state index in [2.05, 4.69) is 16.7 Å². The van der Waals surface area contributed by atoms with Gasteiger partial charge in [0.1, 0.15) is 16.5 Å². The molecule has 0 radical (unpaired) electrons. The van der Waals surface area contributed by atoms with Gasteiger partial charge in [0, 0.05) is 16.9 Å². The number of amides is 1. The summed E-state index contributed by atoms with van der Waals surface area (Å²) in [4.78, 5) is 17.5. The Morgan fingerprint density at radius 3 is 2.68 bits per heavy atom. The first-order valence-electron chi connectivity index (χ1n) is 9.79. The zero-order valence-corrected chi connectivity index (χ0v) is 16.5. The number of halogens is 1. The molecule has 2 N–H and O–H groups in total. The summed E-state index contributed by atoms with van der Waals surface area (Å²) in [6.45, 7) is 0. The van der Waals surface area contributed by atoms with E-state index in [0.29, 0.717) is 5.69 Å². The monoisotopic (exact) mass is 397 g/mol. The Bertz CT molecular complexity index is 891. The molecule has 0 saturated heterocycles. The number of carbonyl (C=O) groups is 1. The van der Waals surface area contributed by atoms with Crippen LogP contribution in [0, 0.1) is 5.82 Å². The van der Waals surface area contributed by atoms with Crippen molar-refractivity contribution in [2.24, 2.45) is 4.99 Å². The summed E-state index contributed by atoms with van der Waals surface area (Å²) in [7, 11) is 0. The lowest BCUT2D eigenvalue weighted by atomic mass is 9.97. The molecule has 1 spiro atoms. The molecule has 1 aliphatic heterocycles. The highest BCUT2D eigenvalue weighted by atomic mass is 32.2. The number of hydrogen-bond acceptors (Lipinski definition) is 4. The molecule has 28 heavy (non-hydrogen) atoms. The second-order valence-corrected chi connectivity index (χ2v) is 8.34. The molecule has 1 heterocycles. The van der Waals surface area contributed by atoms with Crippen molar-refractivity contribution >= 4 is 34.1 Å². The molecule has 2 aromatic carbocycles. The number of aliphatic imine (C=N–C) groups is 1. The van der Waals surface area contributed by atoms with E-state index < -0.39 is 0 Å². The van der Waals surface area contributed by atoms with E-state index in [1.807, 2.05) is 18.2 Å². The molecule has 146 valence electrons. The Hall–Kier alpha value is -2.34. The Morgan fingerprint density at radius 2 is 1.89 bits per heavy atom. The van der Waals surface area contributed by atoms with Crippen LogP contribution in [0.1, 0.15) is 44.1 Å². The number of hydrogen-bond donors (Lipinski definition) is 2. The lowest BCUT2D eigenvalue weighted by Crippen LogP contribution is -2.40. The van der Waals surface area contributed by atoms with Crippen molar-refractivity contribution in [3.63, 3.8) is 0 Å². The molecule has 4 rings (SSSR count). The van der Waals surface area contributed by atoms with Gasteiger partial charge >= 0.3 is 0 Å². The van der Waals surface area contributed by atoms with E-state index in [-0.39, 0.29) is 23.1 Å². The number of benzene rings is 2. The van der Waals surface area contributed by atoms with Gasteiger partial charge in [-0.2, -0.15) is 0 Å². The van der Waals surface area contributed by atoms with Gasteiger partial charge in [-0.15, -0.1) is 0 Å². The fraction of sp³-hybridized carbons (Fsp3) is 0.364. The number of nitrogens with zero attached hydrogens (tertiary/aromatic N) is 1. The van der Waals surface area contributed by atoms with E-state index >= 15 is 0 Å². The molecule has 6 heteroatoms. The average Bonchev–Trinajstić information content (AvgIpc) is 2.91. The number of anilines is 2. The Morgan fingerprint density at radius 1 is 1.11 bits per heavy atom. The van der Waals surface area contributed by atoms with E-state index in [1.54, 1.807) is 12.1 Å². The van der Waals surface area contributed by atoms with Crippen LogP contribution < -0.4 is 10.6 Å². The number of rotatable bonds is 3. The molecule has 4 nitrogen and oxygen atoms in total. The van der Waals surface area contributed by atoms with Crippen molar-refractivity contribution < 1.29 is 9.18 Å². The Labute approximate surface area is 169 Å². The van der Waals surface area contributed by atoms with Gasteiger partial charge in [-0.25, -0.2) is 9.38 Å². The summed E-state index contributed by atoms with van der Waals surface area (Å²) in [5.41, 5.74) is 2.35. The van der Waals surface area contributed by atoms with Crippen LogP contribution in [-0.2, 0) is 4.79 Å². The first kappa shape index (κ1) is 19.0.